The van der Waals surface area contributed by atoms with E-state index in [1.54, 1.807) is 14.2 Å². The first-order valence-corrected chi connectivity index (χ1v) is 14.5. The van der Waals surface area contributed by atoms with Gasteiger partial charge in [-0.05, 0) is 39.3 Å². The third-order valence-corrected chi connectivity index (χ3v) is 5.34. The van der Waals surface area contributed by atoms with Gasteiger partial charge in [0.25, 0.3) is 0 Å². The third-order valence-electron chi connectivity index (χ3n) is 3.32. The zero-order chi connectivity index (χ0) is 17.1. The van der Waals surface area contributed by atoms with Crippen LogP contribution in [0.2, 0.25) is 39.3 Å². The van der Waals surface area contributed by atoms with E-state index >= 15 is 0 Å². The Labute approximate surface area is 136 Å². The monoisotopic (exact) mass is 352 g/mol. The first kappa shape index (κ1) is 20.2. The zero-order valence-electron chi connectivity index (χ0n) is 15.1. The molecule has 1 N–H and O–H groups in total. The number of aliphatic hydroxyl groups excluding tert-OH is 1. The van der Waals surface area contributed by atoms with Gasteiger partial charge in [-0.1, -0.05) is 0 Å². The Hall–Kier alpha value is 0.194. The largest absolute Gasteiger partial charge is 0.415 e. The van der Waals surface area contributed by atoms with E-state index in [0.717, 1.165) is 0 Å². The van der Waals surface area contributed by atoms with Crippen LogP contribution in [0.1, 0.15) is 0 Å². The maximum absolute atomic E-state index is 10.3. The first-order valence-electron chi connectivity index (χ1n) is 7.69. The molecule has 0 amide bonds. The predicted molar refractivity (Wildman–Crippen MR) is 90.0 cm³/mol. The highest BCUT2D eigenvalue weighted by Crippen LogP contribution is 2.29. The summed E-state index contributed by atoms with van der Waals surface area (Å²) in [6.45, 7) is 12.9. The Balaban J connectivity index is 2.86. The van der Waals surface area contributed by atoms with Gasteiger partial charge in [0.1, 0.15) is 24.4 Å². The predicted octanol–water partition coefficient (Wildman–Crippen LogP) is 1.81. The first-order chi connectivity index (χ1) is 9.98. The molecule has 1 saturated heterocycles. The maximum atomic E-state index is 10.3. The van der Waals surface area contributed by atoms with E-state index in [9.17, 15) is 5.11 Å². The van der Waals surface area contributed by atoms with Crippen molar-refractivity contribution >= 4 is 16.6 Å². The van der Waals surface area contributed by atoms with Crippen LogP contribution in [0.3, 0.4) is 0 Å². The Bertz CT molecular complexity index is 341. The molecule has 1 aliphatic rings. The highest BCUT2D eigenvalue weighted by Gasteiger charge is 2.48. The lowest BCUT2D eigenvalue weighted by Crippen LogP contribution is -2.62. The number of ether oxygens (including phenoxy) is 3. The highest BCUT2D eigenvalue weighted by molar-refractivity contribution is 6.70. The average molecular weight is 353 g/mol. The van der Waals surface area contributed by atoms with Gasteiger partial charge in [-0.3, -0.25) is 0 Å². The lowest BCUT2D eigenvalue weighted by atomic mass is 9.99. The van der Waals surface area contributed by atoms with Gasteiger partial charge in [-0.2, -0.15) is 0 Å². The summed E-state index contributed by atoms with van der Waals surface area (Å²) in [7, 11) is -0.314. The Morgan fingerprint density at radius 1 is 0.864 bits per heavy atom. The number of hydrogen-bond acceptors (Lipinski definition) is 6. The summed E-state index contributed by atoms with van der Waals surface area (Å²) in [5.74, 6) is 0. The van der Waals surface area contributed by atoms with Gasteiger partial charge >= 0.3 is 0 Å². The maximum Gasteiger partial charge on any atom is 0.184 e. The molecule has 8 heteroatoms. The number of methoxy groups -OCH3 is 2. The van der Waals surface area contributed by atoms with E-state index in [-0.39, 0.29) is 12.2 Å². The molecule has 0 aromatic rings. The van der Waals surface area contributed by atoms with Crippen LogP contribution in [0.15, 0.2) is 0 Å². The van der Waals surface area contributed by atoms with Crippen LogP contribution in [0.25, 0.3) is 0 Å². The number of aliphatic hydroxyl groups is 1. The number of hydrogen-bond donors (Lipinski definition) is 1. The van der Waals surface area contributed by atoms with Gasteiger partial charge in [0.05, 0.1) is 6.61 Å². The molecule has 0 spiro atoms. The van der Waals surface area contributed by atoms with Gasteiger partial charge in [0.2, 0.25) is 0 Å². The molecule has 0 aliphatic carbocycles. The molecular weight excluding hydrogens is 320 g/mol. The minimum atomic E-state index is -1.86. The van der Waals surface area contributed by atoms with Crippen LogP contribution >= 0.6 is 0 Å². The molecule has 1 rings (SSSR count). The molecule has 0 saturated carbocycles. The van der Waals surface area contributed by atoms with Gasteiger partial charge in [-0.15, -0.1) is 0 Å². The van der Waals surface area contributed by atoms with Crippen LogP contribution in [0, 0.1) is 0 Å². The molecular formula is C14H32O6Si2. The molecule has 5 atom stereocenters. The standard InChI is InChI=1S/C14H32O6Si2/c1-16-11-10(9-18-21(3,4)5)19-14(15)13(12(11)17-2)20-22(6,7)8/h10-15H,9H2,1-8H3/t10-,11+,12+,13-,14?/m1/s1. The van der Waals surface area contributed by atoms with E-state index in [0.29, 0.717) is 6.61 Å². The summed E-state index contributed by atoms with van der Waals surface area (Å²) >= 11 is 0. The fraction of sp³-hybridized carbons (Fsp3) is 1.00. The van der Waals surface area contributed by atoms with Crippen molar-refractivity contribution in [3.05, 3.63) is 0 Å². The molecule has 1 aliphatic heterocycles. The van der Waals surface area contributed by atoms with E-state index < -0.39 is 35.1 Å². The Morgan fingerprint density at radius 3 is 1.82 bits per heavy atom. The van der Waals surface area contributed by atoms with Crippen LogP contribution in [-0.4, -0.2) is 73.3 Å². The molecule has 6 nitrogen and oxygen atoms in total. The molecule has 22 heavy (non-hydrogen) atoms. The quantitative estimate of drug-likeness (QED) is 0.705. The average Bonchev–Trinajstić information content (AvgIpc) is 2.36. The van der Waals surface area contributed by atoms with Gasteiger partial charge < -0.3 is 28.2 Å². The third kappa shape index (κ3) is 6.01. The molecule has 0 aromatic carbocycles. The lowest BCUT2D eigenvalue weighted by molar-refractivity contribution is -0.289. The van der Waals surface area contributed by atoms with Crippen LogP contribution in [0.4, 0.5) is 0 Å². The Morgan fingerprint density at radius 2 is 1.41 bits per heavy atom. The fourth-order valence-electron chi connectivity index (χ4n) is 2.45. The molecule has 0 aromatic heterocycles. The van der Waals surface area contributed by atoms with Gasteiger partial charge in [0.15, 0.2) is 22.9 Å². The second-order valence-electron chi connectivity index (χ2n) is 7.58. The van der Waals surface area contributed by atoms with Crippen molar-refractivity contribution in [2.75, 3.05) is 20.8 Å². The minimum Gasteiger partial charge on any atom is -0.415 e. The second-order valence-corrected chi connectivity index (χ2v) is 16.6. The van der Waals surface area contributed by atoms with Crippen molar-refractivity contribution in [2.45, 2.75) is 70.0 Å². The summed E-state index contributed by atoms with van der Waals surface area (Å²) < 4.78 is 28.8. The van der Waals surface area contributed by atoms with Crippen molar-refractivity contribution in [3.63, 3.8) is 0 Å². The van der Waals surface area contributed by atoms with Crippen molar-refractivity contribution < 1.29 is 28.2 Å². The molecule has 1 fully saturated rings. The van der Waals surface area contributed by atoms with E-state index in [1.807, 2.05) is 0 Å². The van der Waals surface area contributed by atoms with Crippen molar-refractivity contribution in [1.82, 2.24) is 0 Å². The summed E-state index contributed by atoms with van der Waals surface area (Å²) in [5, 5.41) is 10.3. The lowest BCUT2D eigenvalue weighted by Gasteiger charge is -2.45. The summed E-state index contributed by atoms with van der Waals surface area (Å²) in [5.41, 5.74) is 0. The zero-order valence-corrected chi connectivity index (χ0v) is 17.1. The molecule has 132 valence electrons. The van der Waals surface area contributed by atoms with Crippen LogP contribution < -0.4 is 0 Å². The molecule has 0 radical (unpaired) electrons. The summed E-state index contributed by atoms with van der Waals surface area (Å²) in [4.78, 5) is 0. The smallest absolute Gasteiger partial charge is 0.184 e. The summed E-state index contributed by atoms with van der Waals surface area (Å²) in [6.07, 6.45) is -2.71. The topological polar surface area (TPSA) is 66.4 Å². The highest BCUT2D eigenvalue weighted by atomic mass is 28.4. The minimum absolute atomic E-state index is 0.342. The van der Waals surface area contributed by atoms with Crippen molar-refractivity contribution in [1.29, 1.82) is 0 Å². The molecule has 0 bridgehead atoms. The van der Waals surface area contributed by atoms with E-state index in [4.69, 9.17) is 23.1 Å². The van der Waals surface area contributed by atoms with Gasteiger partial charge in [0, 0.05) is 14.2 Å². The van der Waals surface area contributed by atoms with Crippen molar-refractivity contribution in [2.24, 2.45) is 0 Å². The van der Waals surface area contributed by atoms with Crippen LogP contribution in [-0.2, 0) is 23.1 Å². The normalized spacial score (nSPS) is 34.0. The van der Waals surface area contributed by atoms with E-state index in [1.165, 1.54) is 0 Å². The van der Waals surface area contributed by atoms with Crippen molar-refractivity contribution in [3.8, 4) is 0 Å². The SMILES string of the molecule is CO[C@@H]1[C@H](OC)[C@@H](O[Si](C)(C)C)C(O)O[C@@H]1CO[Si](C)(C)C. The van der Waals surface area contributed by atoms with E-state index in [2.05, 4.69) is 39.3 Å². The van der Waals surface area contributed by atoms with Gasteiger partial charge in [-0.25, -0.2) is 0 Å². The van der Waals surface area contributed by atoms with Crippen LogP contribution in [0.5, 0.6) is 0 Å². The molecule has 1 heterocycles. The summed E-state index contributed by atoms with van der Waals surface area (Å²) in [6, 6.07) is 0. The fourth-order valence-corrected chi connectivity index (χ4v) is 4.18. The Kier molecular flexibility index (Phi) is 7.22. The molecule has 1 unspecified atom stereocenters. The number of rotatable bonds is 7. The second kappa shape index (κ2) is 7.84.